The third-order valence-corrected chi connectivity index (χ3v) is 4.46. The normalized spacial score (nSPS) is 31.8. The van der Waals surface area contributed by atoms with Crippen LogP contribution in [-0.4, -0.2) is 62.6 Å². The molecule has 1 aromatic rings. The fourth-order valence-corrected chi connectivity index (χ4v) is 3.44. The van der Waals surface area contributed by atoms with E-state index in [1.165, 1.54) is 18.7 Å². The number of nitrogens with one attached hydrogen (secondary N) is 1. The van der Waals surface area contributed by atoms with Crippen molar-refractivity contribution >= 4 is 17.7 Å². The molecule has 4 N–H and O–H groups in total. The van der Waals surface area contributed by atoms with E-state index in [0.29, 0.717) is 5.03 Å². The Balaban J connectivity index is 2.21. The number of ether oxygens (including phenoxy) is 1. The van der Waals surface area contributed by atoms with Crippen LogP contribution in [0, 0.1) is 6.92 Å². The molecule has 0 saturated carbocycles. The van der Waals surface area contributed by atoms with E-state index in [2.05, 4.69) is 10.3 Å². The van der Waals surface area contributed by atoms with Crippen molar-refractivity contribution in [2.75, 3.05) is 6.61 Å². The zero-order valence-electron chi connectivity index (χ0n) is 12.3. The Morgan fingerprint density at radius 1 is 1.41 bits per heavy atom. The highest BCUT2D eigenvalue weighted by molar-refractivity contribution is 7.99. The van der Waals surface area contributed by atoms with Gasteiger partial charge in [-0.25, -0.2) is 4.98 Å². The molecule has 8 heteroatoms. The van der Waals surface area contributed by atoms with E-state index < -0.39 is 36.4 Å². The van der Waals surface area contributed by atoms with Crippen molar-refractivity contribution in [3.63, 3.8) is 0 Å². The van der Waals surface area contributed by atoms with E-state index in [4.69, 9.17) is 4.74 Å². The topological polar surface area (TPSA) is 112 Å². The van der Waals surface area contributed by atoms with Crippen LogP contribution in [0.3, 0.4) is 0 Å². The maximum Gasteiger partial charge on any atom is 0.217 e. The fraction of sp³-hybridized carbons (Fsp3) is 0.571. The minimum atomic E-state index is -1.27. The standard InChI is InChI=1S/C14H20N2O5S/c1-7-4-3-5-10(15-7)22-14-11(16-8(2)18)13(20)12(19)9(6-17)21-14/h3-5,9,11-14,17,19-20H,6H2,1-2H3,(H,16,18). The predicted octanol–water partition coefficient (Wildman–Crippen LogP) is -0.574. The largest absolute Gasteiger partial charge is 0.394 e. The predicted molar refractivity (Wildman–Crippen MR) is 80.2 cm³/mol. The Hall–Kier alpha value is -1.19. The molecule has 0 aromatic carbocycles. The number of aliphatic hydroxyl groups excluding tert-OH is 3. The van der Waals surface area contributed by atoms with Crippen molar-refractivity contribution in [3.8, 4) is 0 Å². The van der Waals surface area contributed by atoms with Crippen LogP contribution in [0.25, 0.3) is 0 Å². The average Bonchev–Trinajstić information content (AvgIpc) is 2.46. The summed E-state index contributed by atoms with van der Waals surface area (Å²) >= 11 is 1.22. The summed E-state index contributed by atoms with van der Waals surface area (Å²) in [6, 6.07) is 4.68. The van der Waals surface area contributed by atoms with Crippen LogP contribution in [0.15, 0.2) is 23.2 Å². The number of aromatic nitrogens is 1. The molecule has 1 saturated heterocycles. The van der Waals surface area contributed by atoms with E-state index in [9.17, 15) is 20.1 Å². The number of carbonyl (C=O) groups excluding carboxylic acids is 1. The van der Waals surface area contributed by atoms with Gasteiger partial charge in [0.25, 0.3) is 0 Å². The van der Waals surface area contributed by atoms with Gasteiger partial charge in [-0.3, -0.25) is 4.79 Å². The first-order valence-corrected chi connectivity index (χ1v) is 7.80. The van der Waals surface area contributed by atoms with E-state index in [0.717, 1.165) is 5.69 Å². The van der Waals surface area contributed by atoms with Gasteiger partial charge in [-0.05, 0) is 19.1 Å². The molecule has 0 aliphatic carbocycles. The van der Waals surface area contributed by atoms with Gasteiger partial charge in [-0.1, -0.05) is 17.8 Å². The lowest BCUT2D eigenvalue weighted by Gasteiger charge is -2.42. The van der Waals surface area contributed by atoms with Crippen molar-refractivity contribution in [2.24, 2.45) is 0 Å². The van der Waals surface area contributed by atoms with Gasteiger partial charge in [0.05, 0.1) is 17.7 Å². The lowest BCUT2D eigenvalue weighted by molar-refractivity contribution is -0.173. The maximum atomic E-state index is 11.3. The molecule has 5 atom stereocenters. The molecule has 1 aromatic heterocycles. The third-order valence-electron chi connectivity index (χ3n) is 3.35. The van der Waals surface area contributed by atoms with Gasteiger partial charge in [0.2, 0.25) is 5.91 Å². The maximum absolute atomic E-state index is 11.3. The third kappa shape index (κ3) is 3.96. The van der Waals surface area contributed by atoms with Crippen molar-refractivity contribution in [2.45, 2.75) is 48.7 Å². The molecule has 7 nitrogen and oxygen atoms in total. The molecule has 1 aliphatic rings. The number of pyridine rings is 1. The Morgan fingerprint density at radius 3 is 2.73 bits per heavy atom. The van der Waals surface area contributed by atoms with Crippen molar-refractivity contribution in [1.29, 1.82) is 0 Å². The quantitative estimate of drug-likeness (QED) is 0.585. The Kier molecular flexibility index (Phi) is 5.76. The summed E-state index contributed by atoms with van der Waals surface area (Å²) in [4.78, 5) is 15.7. The van der Waals surface area contributed by atoms with Gasteiger partial charge in [-0.2, -0.15) is 0 Å². The molecule has 2 rings (SSSR count). The van der Waals surface area contributed by atoms with Crippen LogP contribution < -0.4 is 5.32 Å². The van der Waals surface area contributed by atoms with Crippen LogP contribution >= 0.6 is 11.8 Å². The average molecular weight is 328 g/mol. The summed E-state index contributed by atoms with van der Waals surface area (Å²) in [7, 11) is 0. The van der Waals surface area contributed by atoms with E-state index >= 15 is 0 Å². The summed E-state index contributed by atoms with van der Waals surface area (Å²) in [5.74, 6) is -0.343. The molecule has 0 spiro atoms. The van der Waals surface area contributed by atoms with Gasteiger partial charge in [-0.15, -0.1) is 0 Å². The van der Waals surface area contributed by atoms with Crippen LogP contribution in [0.1, 0.15) is 12.6 Å². The molecular weight excluding hydrogens is 308 g/mol. The van der Waals surface area contributed by atoms with Gasteiger partial charge in [0, 0.05) is 12.6 Å². The van der Waals surface area contributed by atoms with E-state index in [1.54, 1.807) is 6.07 Å². The monoisotopic (exact) mass is 328 g/mol. The van der Waals surface area contributed by atoms with Crippen LogP contribution in [-0.2, 0) is 9.53 Å². The number of hydrogen-bond donors (Lipinski definition) is 4. The van der Waals surface area contributed by atoms with Crippen molar-refractivity contribution in [1.82, 2.24) is 10.3 Å². The Labute approximate surface area is 132 Å². The molecule has 0 radical (unpaired) electrons. The fourth-order valence-electron chi connectivity index (χ4n) is 2.27. The SMILES string of the molecule is CC(=O)NC1C(Sc2cccc(C)n2)OC(CO)C(O)C1O. The molecule has 1 aliphatic heterocycles. The summed E-state index contributed by atoms with van der Waals surface area (Å²) in [6.45, 7) is 2.75. The molecule has 0 bridgehead atoms. The summed E-state index contributed by atoms with van der Waals surface area (Å²) < 4.78 is 5.62. The Bertz CT molecular complexity index is 530. The zero-order chi connectivity index (χ0) is 16.3. The number of hydrogen-bond acceptors (Lipinski definition) is 7. The van der Waals surface area contributed by atoms with Crippen LogP contribution in [0.4, 0.5) is 0 Å². The van der Waals surface area contributed by atoms with Gasteiger partial charge >= 0.3 is 0 Å². The first-order valence-electron chi connectivity index (χ1n) is 6.92. The molecular formula is C14H20N2O5S. The second kappa shape index (κ2) is 7.38. The minimum absolute atomic E-state index is 0.343. The molecule has 1 amide bonds. The molecule has 2 heterocycles. The summed E-state index contributed by atoms with van der Waals surface area (Å²) in [5, 5.41) is 32.7. The second-order valence-electron chi connectivity index (χ2n) is 5.17. The number of rotatable bonds is 4. The number of aryl methyl sites for hydroxylation is 1. The van der Waals surface area contributed by atoms with E-state index in [-0.39, 0.29) is 5.91 Å². The highest BCUT2D eigenvalue weighted by atomic mass is 32.2. The van der Waals surface area contributed by atoms with E-state index in [1.807, 2.05) is 19.1 Å². The second-order valence-corrected chi connectivity index (χ2v) is 6.29. The molecule has 1 fully saturated rings. The Morgan fingerprint density at radius 2 is 2.14 bits per heavy atom. The lowest BCUT2D eigenvalue weighted by atomic mass is 9.98. The van der Waals surface area contributed by atoms with Crippen LogP contribution in [0.2, 0.25) is 0 Å². The highest BCUT2D eigenvalue weighted by Gasteiger charge is 2.45. The first-order chi connectivity index (χ1) is 10.4. The van der Waals surface area contributed by atoms with Crippen molar-refractivity contribution < 1.29 is 24.9 Å². The number of thioether (sulfide) groups is 1. The molecule has 5 unspecified atom stereocenters. The summed E-state index contributed by atoms with van der Waals surface area (Å²) in [5.41, 5.74) is 0.157. The first kappa shape index (κ1) is 17.2. The van der Waals surface area contributed by atoms with Gasteiger partial charge in [0.15, 0.2) is 0 Å². The lowest BCUT2D eigenvalue weighted by Crippen LogP contribution is -2.63. The summed E-state index contributed by atoms with van der Waals surface area (Å²) in [6.07, 6.45) is -3.43. The molecule has 122 valence electrons. The van der Waals surface area contributed by atoms with Gasteiger partial charge in [0.1, 0.15) is 23.7 Å². The van der Waals surface area contributed by atoms with Crippen molar-refractivity contribution in [3.05, 3.63) is 23.9 Å². The number of amides is 1. The number of nitrogens with zero attached hydrogens (tertiary/aromatic N) is 1. The zero-order valence-corrected chi connectivity index (χ0v) is 13.2. The number of carbonyl (C=O) groups is 1. The number of aliphatic hydroxyl groups is 3. The highest BCUT2D eigenvalue weighted by Crippen LogP contribution is 2.32. The van der Waals surface area contributed by atoms with Crippen LogP contribution in [0.5, 0.6) is 0 Å². The minimum Gasteiger partial charge on any atom is -0.394 e. The smallest absolute Gasteiger partial charge is 0.217 e. The van der Waals surface area contributed by atoms with Gasteiger partial charge < -0.3 is 25.4 Å². The molecule has 22 heavy (non-hydrogen) atoms.